The summed E-state index contributed by atoms with van der Waals surface area (Å²) in [4.78, 5) is 23.5. The van der Waals surface area contributed by atoms with Crippen LogP contribution in [0.3, 0.4) is 0 Å². The molecular formula is C18H26O4. The zero-order valence-corrected chi connectivity index (χ0v) is 13.8. The fourth-order valence-corrected chi connectivity index (χ4v) is 2.62. The third-order valence-electron chi connectivity index (χ3n) is 4.30. The molecule has 2 atom stereocenters. The Morgan fingerprint density at radius 1 is 1.45 bits per heavy atom. The Bertz CT molecular complexity index is 537. The first-order chi connectivity index (χ1) is 10.2. The number of carboxylic acid groups (broad SMARTS) is 1. The van der Waals surface area contributed by atoms with E-state index in [1.54, 1.807) is 26.8 Å². The second kappa shape index (κ2) is 7.54. The van der Waals surface area contributed by atoms with Gasteiger partial charge in [0.05, 0.1) is 11.5 Å². The van der Waals surface area contributed by atoms with Crippen LogP contribution in [0.1, 0.15) is 53.4 Å². The van der Waals surface area contributed by atoms with Gasteiger partial charge in [0.1, 0.15) is 0 Å². The molecule has 0 saturated heterocycles. The third kappa shape index (κ3) is 4.41. The molecule has 0 amide bonds. The second-order valence-corrected chi connectivity index (χ2v) is 6.31. The van der Waals surface area contributed by atoms with Crippen molar-refractivity contribution in [2.45, 2.75) is 59.5 Å². The molecule has 0 heterocycles. The first-order valence-electron chi connectivity index (χ1n) is 7.69. The van der Waals surface area contributed by atoms with Crippen molar-refractivity contribution < 1.29 is 19.8 Å². The molecule has 0 radical (unpaired) electrons. The summed E-state index contributed by atoms with van der Waals surface area (Å²) >= 11 is 0. The Morgan fingerprint density at radius 3 is 2.64 bits per heavy atom. The molecule has 0 saturated carbocycles. The molecule has 0 unspecified atom stereocenters. The molecule has 0 spiro atoms. The number of aliphatic hydroxyl groups is 1. The molecule has 0 aromatic rings. The average Bonchev–Trinajstić information content (AvgIpc) is 2.42. The first kappa shape index (κ1) is 18.4. The molecule has 2 N–H and O–H groups in total. The molecule has 4 heteroatoms. The zero-order valence-electron chi connectivity index (χ0n) is 13.8. The van der Waals surface area contributed by atoms with E-state index in [1.807, 2.05) is 19.1 Å². The number of hydrogen-bond acceptors (Lipinski definition) is 3. The van der Waals surface area contributed by atoms with Gasteiger partial charge in [-0.25, -0.2) is 0 Å². The first-order valence-corrected chi connectivity index (χ1v) is 7.69. The van der Waals surface area contributed by atoms with Crippen LogP contribution in [0, 0.1) is 5.41 Å². The van der Waals surface area contributed by atoms with Crippen LogP contribution in [0.25, 0.3) is 0 Å². The minimum absolute atomic E-state index is 0.0223. The minimum Gasteiger partial charge on any atom is -0.481 e. The van der Waals surface area contributed by atoms with Crippen LogP contribution in [-0.4, -0.2) is 28.1 Å². The van der Waals surface area contributed by atoms with E-state index in [9.17, 15) is 19.8 Å². The highest BCUT2D eigenvalue weighted by Gasteiger charge is 2.41. The highest BCUT2D eigenvalue weighted by molar-refractivity contribution is 6.00. The van der Waals surface area contributed by atoms with Gasteiger partial charge in [-0.3, -0.25) is 9.59 Å². The third-order valence-corrected chi connectivity index (χ3v) is 4.30. The predicted octanol–water partition coefficient (Wildman–Crippen LogP) is 3.42. The lowest BCUT2D eigenvalue weighted by molar-refractivity contribution is -0.146. The van der Waals surface area contributed by atoms with E-state index in [0.29, 0.717) is 24.0 Å². The van der Waals surface area contributed by atoms with Gasteiger partial charge in [-0.1, -0.05) is 23.8 Å². The van der Waals surface area contributed by atoms with Crippen molar-refractivity contribution in [1.29, 1.82) is 0 Å². The maximum Gasteiger partial charge on any atom is 0.313 e. The second-order valence-electron chi connectivity index (χ2n) is 6.31. The van der Waals surface area contributed by atoms with Crippen molar-refractivity contribution in [3.8, 4) is 0 Å². The number of carbonyl (C=O) groups excluding carboxylic acids is 1. The van der Waals surface area contributed by atoms with Crippen molar-refractivity contribution in [1.82, 2.24) is 0 Å². The number of carboxylic acids is 1. The van der Waals surface area contributed by atoms with E-state index in [-0.39, 0.29) is 18.3 Å². The highest BCUT2D eigenvalue weighted by atomic mass is 16.4. The number of hydrogen-bond donors (Lipinski definition) is 2. The molecule has 1 rings (SSSR count). The monoisotopic (exact) mass is 306 g/mol. The number of Topliss-reactive ketones (excluding diaryl/α,β-unsaturated/α-hetero) is 1. The summed E-state index contributed by atoms with van der Waals surface area (Å²) in [5.41, 5.74) is 1.13. The van der Waals surface area contributed by atoms with E-state index >= 15 is 0 Å². The van der Waals surface area contributed by atoms with Crippen molar-refractivity contribution in [3.05, 3.63) is 34.9 Å². The van der Waals surface area contributed by atoms with Crippen LogP contribution in [0.15, 0.2) is 34.9 Å². The molecule has 0 bridgehead atoms. The number of rotatable bonds is 6. The Labute approximate surface area is 132 Å². The number of carbonyl (C=O) groups is 2. The Balaban J connectivity index is 3.00. The largest absolute Gasteiger partial charge is 0.481 e. The van der Waals surface area contributed by atoms with Crippen molar-refractivity contribution in [3.63, 3.8) is 0 Å². The molecule has 1 aliphatic rings. The maximum atomic E-state index is 11.9. The summed E-state index contributed by atoms with van der Waals surface area (Å²) in [6.07, 6.45) is 7.36. The smallest absolute Gasteiger partial charge is 0.313 e. The van der Waals surface area contributed by atoms with Gasteiger partial charge in [0, 0.05) is 6.42 Å². The van der Waals surface area contributed by atoms with Gasteiger partial charge in [-0.2, -0.15) is 0 Å². The van der Waals surface area contributed by atoms with E-state index in [2.05, 4.69) is 0 Å². The lowest BCUT2D eigenvalue weighted by Gasteiger charge is -2.31. The van der Waals surface area contributed by atoms with Crippen LogP contribution in [0.5, 0.6) is 0 Å². The molecular weight excluding hydrogens is 280 g/mol. The predicted molar refractivity (Wildman–Crippen MR) is 86.5 cm³/mol. The Kier molecular flexibility index (Phi) is 6.30. The van der Waals surface area contributed by atoms with Crippen molar-refractivity contribution in [2.24, 2.45) is 5.41 Å². The summed E-state index contributed by atoms with van der Waals surface area (Å²) in [6.45, 7) is 7.06. The maximum absolute atomic E-state index is 11.9. The summed E-state index contributed by atoms with van der Waals surface area (Å²) in [5.74, 6) is -0.871. The molecule has 122 valence electrons. The van der Waals surface area contributed by atoms with Crippen LogP contribution in [0.2, 0.25) is 0 Å². The molecule has 0 aromatic carbocycles. The van der Waals surface area contributed by atoms with E-state index < -0.39 is 11.4 Å². The number of aliphatic hydroxyl groups excluding tert-OH is 1. The molecule has 0 aromatic heterocycles. The Morgan fingerprint density at radius 2 is 2.09 bits per heavy atom. The van der Waals surface area contributed by atoms with Crippen LogP contribution in [-0.2, 0) is 9.59 Å². The molecule has 4 nitrogen and oxygen atoms in total. The van der Waals surface area contributed by atoms with Crippen LogP contribution in [0.4, 0.5) is 0 Å². The van der Waals surface area contributed by atoms with Gasteiger partial charge >= 0.3 is 5.97 Å². The van der Waals surface area contributed by atoms with Gasteiger partial charge < -0.3 is 10.2 Å². The lowest BCUT2D eigenvalue weighted by Crippen LogP contribution is -2.34. The number of ketones is 1. The lowest BCUT2D eigenvalue weighted by atomic mass is 9.70. The number of allylic oxidation sites excluding steroid dienone is 5. The van der Waals surface area contributed by atoms with Crippen molar-refractivity contribution in [2.75, 3.05) is 0 Å². The molecule has 1 aliphatic carbocycles. The quantitative estimate of drug-likeness (QED) is 0.737. The summed E-state index contributed by atoms with van der Waals surface area (Å²) in [6, 6.07) is 0. The van der Waals surface area contributed by atoms with Gasteiger partial charge in [0.2, 0.25) is 0 Å². The van der Waals surface area contributed by atoms with E-state index in [0.717, 1.165) is 12.0 Å². The Hall–Kier alpha value is -1.68. The molecule has 22 heavy (non-hydrogen) atoms. The SMILES string of the molecule is CC1=C(/C=C\C(C)=C/CC[C@@H](C)O)[C@@](C)(C(=O)O)CCC1=O. The fourth-order valence-electron chi connectivity index (χ4n) is 2.62. The normalized spacial score (nSPS) is 25.0. The van der Waals surface area contributed by atoms with Crippen molar-refractivity contribution >= 4 is 11.8 Å². The van der Waals surface area contributed by atoms with Gasteiger partial charge in [0.25, 0.3) is 0 Å². The van der Waals surface area contributed by atoms with Crippen LogP contribution >= 0.6 is 0 Å². The van der Waals surface area contributed by atoms with Crippen LogP contribution < -0.4 is 0 Å². The average molecular weight is 306 g/mol. The van der Waals surface area contributed by atoms with E-state index in [1.165, 1.54) is 0 Å². The van der Waals surface area contributed by atoms with E-state index in [4.69, 9.17) is 0 Å². The zero-order chi connectivity index (χ0) is 16.9. The minimum atomic E-state index is -1.01. The summed E-state index contributed by atoms with van der Waals surface area (Å²) < 4.78 is 0. The number of aliphatic carboxylic acids is 1. The summed E-state index contributed by atoms with van der Waals surface area (Å²) in [5, 5.41) is 18.8. The molecule has 0 fully saturated rings. The van der Waals surface area contributed by atoms with Gasteiger partial charge in [-0.15, -0.1) is 0 Å². The standard InChI is InChI=1S/C18H26O4/c1-12(6-5-7-13(2)19)8-9-15-14(3)16(20)10-11-18(15,4)17(21)22/h6,8-9,13,19H,5,7,10-11H2,1-4H3,(H,21,22)/b9-8-,12-6-/t13-,18+/m1/s1. The topological polar surface area (TPSA) is 74.6 Å². The fraction of sp³-hybridized carbons (Fsp3) is 0.556. The highest BCUT2D eigenvalue weighted by Crippen LogP contribution is 2.40. The summed E-state index contributed by atoms with van der Waals surface area (Å²) in [7, 11) is 0. The molecule has 0 aliphatic heterocycles. The van der Waals surface area contributed by atoms with Gasteiger partial charge in [-0.05, 0) is 58.1 Å². The van der Waals surface area contributed by atoms with Gasteiger partial charge in [0.15, 0.2) is 5.78 Å².